The van der Waals surface area contributed by atoms with Crippen LogP contribution < -0.4 is 5.48 Å². The third kappa shape index (κ3) is 3.44. The first-order valence-corrected chi connectivity index (χ1v) is 6.45. The second-order valence-electron chi connectivity index (χ2n) is 5.00. The van der Waals surface area contributed by atoms with Gasteiger partial charge >= 0.3 is 0 Å². The van der Waals surface area contributed by atoms with E-state index in [2.05, 4.69) is 17.4 Å². The summed E-state index contributed by atoms with van der Waals surface area (Å²) in [6.07, 6.45) is 9.71. The Bertz CT molecular complexity index is 180. The lowest BCUT2D eigenvalue weighted by atomic mass is 10.0. The summed E-state index contributed by atoms with van der Waals surface area (Å²) in [5.74, 6) is 0. The zero-order valence-corrected chi connectivity index (χ0v) is 9.87. The van der Waals surface area contributed by atoms with Gasteiger partial charge in [0.1, 0.15) is 0 Å². The molecule has 2 aliphatic rings. The number of likely N-dealkylation sites (tertiary alicyclic amines) is 1. The van der Waals surface area contributed by atoms with E-state index in [0.717, 1.165) is 6.54 Å². The van der Waals surface area contributed by atoms with Crippen LogP contribution in [0.4, 0.5) is 0 Å². The van der Waals surface area contributed by atoms with Crippen LogP contribution in [0, 0.1) is 0 Å². The molecule has 3 heteroatoms. The van der Waals surface area contributed by atoms with Crippen LogP contribution in [0.3, 0.4) is 0 Å². The summed E-state index contributed by atoms with van der Waals surface area (Å²) in [5, 5.41) is 0. The topological polar surface area (TPSA) is 24.5 Å². The minimum absolute atomic E-state index is 0.485. The molecule has 1 aliphatic carbocycles. The molecule has 0 radical (unpaired) electrons. The maximum absolute atomic E-state index is 5.68. The third-order valence-corrected chi connectivity index (χ3v) is 3.79. The van der Waals surface area contributed by atoms with Crippen LogP contribution in [0.25, 0.3) is 0 Å². The van der Waals surface area contributed by atoms with Crippen molar-refractivity contribution in [2.45, 2.75) is 57.1 Å². The van der Waals surface area contributed by atoms with E-state index in [1.54, 1.807) is 0 Å². The van der Waals surface area contributed by atoms with E-state index in [1.807, 2.05) is 0 Å². The van der Waals surface area contributed by atoms with Crippen LogP contribution in [-0.2, 0) is 4.84 Å². The summed E-state index contributed by atoms with van der Waals surface area (Å²) < 4.78 is 0. The first-order valence-electron chi connectivity index (χ1n) is 6.45. The van der Waals surface area contributed by atoms with Gasteiger partial charge in [0.05, 0.1) is 6.10 Å². The summed E-state index contributed by atoms with van der Waals surface area (Å²) in [6.45, 7) is 2.24. The highest BCUT2D eigenvalue weighted by atomic mass is 16.7. The molecule has 1 aliphatic heterocycles. The van der Waals surface area contributed by atoms with Crippen LogP contribution in [-0.4, -0.2) is 37.2 Å². The van der Waals surface area contributed by atoms with Crippen molar-refractivity contribution in [3.05, 3.63) is 0 Å². The van der Waals surface area contributed by atoms with E-state index in [4.69, 9.17) is 4.84 Å². The van der Waals surface area contributed by atoms with Gasteiger partial charge in [-0.05, 0) is 39.3 Å². The van der Waals surface area contributed by atoms with Crippen LogP contribution in [0.5, 0.6) is 0 Å². The number of hydrogen-bond donors (Lipinski definition) is 1. The van der Waals surface area contributed by atoms with Crippen molar-refractivity contribution < 1.29 is 4.84 Å². The van der Waals surface area contributed by atoms with Crippen molar-refractivity contribution in [2.24, 2.45) is 0 Å². The Morgan fingerprint density at radius 3 is 2.60 bits per heavy atom. The number of hydroxylamine groups is 1. The molecule has 1 atom stereocenters. The molecule has 0 aromatic heterocycles. The van der Waals surface area contributed by atoms with E-state index >= 15 is 0 Å². The second-order valence-corrected chi connectivity index (χ2v) is 5.00. The first-order chi connectivity index (χ1) is 7.36. The van der Waals surface area contributed by atoms with Gasteiger partial charge in [0.25, 0.3) is 0 Å². The first kappa shape index (κ1) is 11.4. The van der Waals surface area contributed by atoms with Crippen molar-refractivity contribution in [1.82, 2.24) is 10.4 Å². The number of piperidine rings is 1. The summed E-state index contributed by atoms with van der Waals surface area (Å²) in [7, 11) is 2.22. The van der Waals surface area contributed by atoms with Gasteiger partial charge in [0, 0.05) is 12.6 Å². The third-order valence-electron chi connectivity index (χ3n) is 3.79. The average molecular weight is 212 g/mol. The van der Waals surface area contributed by atoms with Gasteiger partial charge < -0.3 is 4.90 Å². The number of hydrogen-bond acceptors (Lipinski definition) is 3. The Balaban J connectivity index is 1.59. The number of nitrogens with one attached hydrogen (secondary N) is 1. The van der Waals surface area contributed by atoms with Crippen LogP contribution in [0.1, 0.15) is 44.9 Å². The zero-order chi connectivity index (χ0) is 10.5. The van der Waals surface area contributed by atoms with Crippen molar-refractivity contribution in [3.8, 4) is 0 Å². The van der Waals surface area contributed by atoms with Gasteiger partial charge in [-0.3, -0.25) is 4.84 Å². The summed E-state index contributed by atoms with van der Waals surface area (Å²) in [6, 6.07) is 0.681. The molecule has 0 aromatic rings. The minimum Gasteiger partial charge on any atom is -0.302 e. The van der Waals surface area contributed by atoms with E-state index < -0.39 is 0 Å². The van der Waals surface area contributed by atoms with Crippen molar-refractivity contribution in [1.29, 1.82) is 0 Å². The smallest absolute Gasteiger partial charge is 0.0790 e. The molecule has 15 heavy (non-hydrogen) atoms. The molecule has 0 spiro atoms. The van der Waals surface area contributed by atoms with Gasteiger partial charge in [-0.2, -0.15) is 0 Å². The molecule has 88 valence electrons. The van der Waals surface area contributed by atoms with Gasteiger partial charge in [-0.1, -0.05) is 19.3 Å². The molecule has 3 nitrogen and oxygen atoms in total. The molecule has 1 saturated heterocycles. The summed E-state index contributed by atoms with van der Waals surface area (Å²) >= 11 is 0. The monoisotopic (exact) mass is 212 g/mol. The largest absolute Gasteiger partial charge is 0.302 e. The maximum Gasteiger partial charge on any atom is 0.0790 e. The molecule has 0 aromatic carbocycles. The Kier molecular flexibility index (Phi) is 4.42. The van der Waals surface area contributed by atoms with E-state index in [0.29, 0.717) is 12.1 Å². The SMILES string of the molecule is CN1CCCCC1CNOC1CCCC1. The maximum atomic E-state index is 5.68. The van der Waals surface area contributed by atoms with Gasteiger partial charge in [-0.15, -0.1) is 0 Å². The highest BCUT2D eigenvalue weighted by Gasteiger charge is 2.20. The molecule has 1 unspecified atom stereocenters. The normalized spacial score (nSPS) is 29.8. The zero-order valence-electron chi connectivity index (χ0n) is 9.87. The number of rotatable bonds is 4. The van der Waals surface area contributed by atoms with E-state index in [9.17, 15) is 0 Å². The lowest BCUT2D eigenvalue weighted by Gasteiger charge is -2.32. The predicted octanol–water partition coefficient (Wildman–Crippen LogP) is 1.93. The second kappa shape index (κ2) is 5.83. The average Bonchev–Trinajstić information content (AvgIpc) is 2.74. The number of nitrogens with zero attached hydrogens (tertiary/aromatic N) is 1. The lowest BCUT2D eigenvalue weighted by molar-refractivity contribution is -0.0325. The lowest BCUT2D eigenvalue weighted by Crippen LogP contribution is -2.43. The molecule has 0 bridgehead atoms. The molecule has 2 rings (SSSR count). The molecular weight excluding hydrogens is 188 g/mol. The highest BCUT2D eigenvalue weighted by Crippen LogP contribution is 2.20. The fourth-order valence-corrected chi connectivity index (χ4v) is 2.67. The molecule has 1 N–H and O–H groups in total. The van der Waals surface area contributed by atoms with Crippen LogP contribution in [0.15, 0.2) is 0 Å². The van der Waals surface area contributed by atoms with E-state index in [1.165, 1.54) is 51.5 Å². The fourth-order valence-electron chi connectivity index (χ4n) is 2.67. The van der Waals surface area contributed by atoms with Gasteiger partial charge in [0.2, 0.25) is 0 Å². The number of likely N-dealkylation sites (N-methyl/N-ethyl adjacent to an activating group) is 1. The Labute approximate surface area is 93.1 Å². The van der Waals surface area contributed by atoms with Crippen molar-refractivity contribution in [3.63, 3.8) is 0 Å². The fraction of sp³-hybridized carbons (Fsp3) is 1.00. The highest BCUT2D eigenvalue weighted by molar-refractivity contribution is 4.75. The molecule has 1 saturated carbocycles. The Hall–Kier alpha value is -0.120. The van der Waals surface area contributed by atoms with E-state index in [-0.39, 0.29) is 0 Å². The van der Waals surface area contributed by atoms with Gasteiger partial charge in [-0.25, -0.2) is 5.48 Å². The summed E-state index contributed by atoms with van der Waals surface area (Å²) in [5.41, 5.74) is 3.19. The minimum atomic E-state index is 0.485. The molecular formula is C12H24N2O. The van der Waals surface area contributed by atoms with Crippen LogP contribution >= 0.6 is 0 Å². The van der Waals surface area contributed by atoms with Crippen molar-refractivity contribution >= 4 is 0 Å². The standard InChI is InChI=1S/C12H24N2O/c1-14-9-5-4-6-11(14)10-13-15-12-7-2-3-8-12/h11-13H,2-10H2,1H3. The predicted molar refractivity (Wildman–Crippen MR) is 61.6 cm³/mol. The van der Waals surface area contributed by atoms with Crippen LogP contribution in [0.2, 0.25) is 0 Å². The molecule has 0 amide bonds. The van der Waals surface area contributed by atoms with Crippen molar-refractivity contribution in [2.75, 3.05) is 20.1 Å². The Morgan fingerprint density at radius 2 is 1.87 bits per heavy atom. The molecule has 1 heterocycles. The molecule has 2 fully saturated rings. The summed E-state index contributed by atoms with van der Waals surface area (Å²) in [4.78, 5) is 8.13. The Morgan fingerprint density at radius 1 is 1.13 bits per heavy atom. The quantitative estimate of drug-likeness (QED) is 0.721. The van der Waals surface area contributed by atoms with Gasteiger partial charge in [0.15, 0.2) is 0 Å².